The standard InChI is InChI=1S/C19H18FN3O4S2/c1-3-27-15-8-6-14(7-9-15)22-18(24)17-12(2)21-19(28-17)23-29(25,26)16-10-4-13(20)5-11-16/h4-11H,3H2,1-2H3,(H,21,23)(H,22,24). The molecule has 0 saturated carbocycles. The van der Waals surface area contributed by atoms with Crippen molar-refractivity contribution in [2.45, 2.75) is 18.7 Å². The number of sulfonamides is 1. The Morgan fingerprint density at radius 1 is 1.14 bits per heavy atom. The van der Waals surface area contributed by atoms with Crippen molar-refractivity contribution >= 4 is 38.1 Å². The first kappa shape index (κ1) is 20.7. The summed E-state index contributed by atoms with van der Waals surface area (Å²) < 4.78 is 45.5. The average Bonchev–Trinajstić information content (AvgIpc) is 3.03. The summed E-state index contributed by atoms with van der Waals surface area (Å²) in [6, 6.07) is 11.3. The van der Waals surface area contributed by atoms with Gasteiger partial charge in [-0.05, 0) is 62.4 Å². The van der Waals surface area contributed by atoms with Crippen LogP contribution in [0.15, 0.2) is 53.4 Å². The van der Waals surface area contributed by atoms with Crippen LogP contribution in [0.25, 0.3) is 0 Å². The molecular formula is C19H18FN3O4S2. The van der Waals surface area contributed by atoms with Crippen LogP contribution >= 0.6 is 11.3 Å². The second kappa shape index (κ2) is 8.58. The van der Waals surface area contributed by atoms with Crippen LogP contribution in [0.1, 0.15) is 22.3 Å². The lowest BCUT2D eigenvalue weighted by Gasteiger charge is -2.06. The summed E-state index contributed by atoms with van der Waals surface area (Å²) in [7, 11) is -3.94. The van der Waals surface area contributed by atoms with E-state index in [0.717, 1.165) is 35.6 Å². The van der Waals surface area contributed by atoms with Crippen molar-refractivity contribution in [3.05, 3.63) is 64.9 Å². The highest BCUT2D eigenvalue weighted by Gasteiger charge is 2.20. The van der Waals surface area contributed by atoms with E-state index < -0.39 is 21.7 Å². The van der Waals surface area contributed by atoms with Gasteiger partial charge in [0.2, 0.25) is 0 Å². The Balaban J connectivity index is 1.73. The van der Waals surface area contributed by atoms with Gasteiger partial charge in [-0.1, -0.05) is 11.3 Å². The Bertz CT molecular complexity index is 1110. The van der Waals surface area contributed by atoms with E-state index in [9.17, 15) is 17.6 Å². The average molecular weight is 436 g/mol. The molecule has 3 aromatic rings. The number of rotatable bonds is 7. The second-order valence-corrected chi connectivity index (χ2v) is 8.59. The first-order valence-corrected chi connectivity index (χ1v) is 10.9. The number of carbonyl (C=O) groups is 1. The molecule has 0 atom stereocenters. The molecule has 0 unspecified atom stereocenters. The van der Waals surface area contributed by atoms with Crippen molar-refractivity contribution in [3.8, 4) is 5.75 Å². The van der Waals surface area contributed by atoms with Gasteiger partial charge in [-0.25, -0.2) is 17.8 Å². The maximum absolute atomic E-state index is 13.0. The number of nitrogens with zero attached hydrogens (tertiary/aromatic N) is 1. The molecule has 3 rings (SSSR count). The van der Waals surface area contributed by atoms with Gasteiger partial charge >= 0.3 is 0 Å². The number of aryl methyl sites for hydroxylation is 1. The van der Waals surface area contributed by atoms with Crippen LogP contribution in [-0.2, 0) is 10.0 Å². The van der Waals surface area contributed by atoms with Crippen molar-refractivity contribution in [2.75, 3.05) is 16.6 Å². The molecule has 29 heavy (non-hydrogen) atoms. The van der Waals surface area contributed by atoms with Crippen molar-refractivity contribution in [3.63, 3.8) is 0 Å². The number of ether oxygens (including phenoxy) is 1. The number of thiazole rings is 1. The molecule has 0 aliphatic heterocycles. The van der Waals surface area contributed by atoms with E-state index in [0.29, 0.717) is 23.7 Å². The number of hydrogen-bond acceptors (Lipinski definition) is 6. The van der Waals surface area contributed by atoms with Crippen molar-refractivity contribution in [2.24, 2.45) is 0 Å². The predicted molar refractivity (Wildman–Crippen MR) is 110 cm³/mol. The van der Waals surface area contributed by atoms with E-state index in [1.807, 2.05) is 6.92 Å². The number of halogens is 1. The SMILES string of the molecule is CCOc1ccc(NC(=O)c2sc(NS(=O)(=O)c3ccc(F)cc3)nc2C)cc1. The minimum Gasteiger partial charge on any atom is -0.494 e. The Labute approximate surface area is 171 Å². The molecule has 0 radical (unpaired) electrons. The molecule has 1 amide bonds. The molecule has 7 nitrogen and oxygen atoms in total. The summed E-state index contributed by atoms with van der Waals surface area (Å²) >= 11 is 0.911. The monoisotopic (exact) mass is 435 g/mol. The third-order valence-electron chi connectivity index (χ3n) is 3.77. The number of nitrogens with one attached hydrogen (secondary N) is 2. The fraction of sp³-hybridized carbons (Fsp3) is 0.158. The number of hydrogen-bond donors (Lipinski definition) is 2. The van der Waals surface area contributed by atoms with Gasteiger partial charge in [0, 0.05) is 5.69 Å². The summed E-state index contributed by atoms with van der Waals surface area (Å²) in [5, 5.41) is 2.78. The number of amides is 1. The van der Waals surface area contributed by atoms with Crippen LogP contribution in [0.2, 0.25) is 0 Å². The van der Waals surface area contributed by atoms with E-state index in [1.54, 1.807) is 31.2 Å². The summed E-state index contributed by atoms with van der Waals surface area (Å²) in [5.41, 5.74) is 0.954. The topological polar surface area (TPSA) is 97.4 Å². The zero-order chi connectivity index (χ0) is 21.0. The number of anilines is 2. The summed E-state index contributed by atoms with van der Waals surface area (Å²) in [6.45, 7) is 4.03. The lowest BCUT2D eigenvalue weighted by Crippen LogP contribution is -2.12. The maximum atomic E-state index is 13.0. The molecule has 0 bridgehead atoms. The molecule has 0 aliphatic carbocycles. The molecule has 152 valence electrons. The smallest absolute Gasteiger partial charge is 0.267 e. The number of carbonyl (C=O) groups excluding carboxylic acids is 1. The molecular weight excluding hydrogens is 417 g/mol. The summed E-state index contributed by atoms with van der Waals surface area (Å²) in [5.74, 6) is -0.254. The minimum atomic E-state index is -3.94. The Morgan fingerprint density at radius 3 is 2.41 bits per heavy atom. The molecule has 2 aromatic carbocycles. The van der Waals surface area contributed by atoms with Gasteiger partial charge in [-0.2, -0.15) is 0 Å². The molecule has 10 heteroatoms. The van der Waals surface area contributed by atoms with Crippen molar-refractivity contribution < 1.29 is 22.3 Å². The second-order valence-electron chi connectivity index (χ2n) is 5.90. The fourth-order valence-corrected chi connectivity index (χ4v) is 4.52. The first-order valence-electron chi connectivity index (χ1n) is 8.58. The molecule has 1 aromatic heterocycles. The largest absolute Gasteiger partial charge is 0.494 e. The van der Waals surface area contributed by atoms with Gasteiger partial charge in [-0.3, -0.25) is 9.52 Å². The van der Waals surface area contributed by atoms with Crippen LogP contribution < -0.4 is 14.8 Å². The Hall–Kier alpha value is -2.98. The van der Waals surface area contributed by atoms with Crippen LogP contribution in [0.4, 0.5) is 15.2 Å². The van der Waals surface area contributed by atoms with E-state index in [-0.39, 0.29) is 14.9 Å². The van der Waals surface area contributed by atoms with Gasteiger partial charge in [0.05, 0.1) is 17.2 Å². The number of benzene rings is 2. The Morgan fingerprint density at radius 2 is 1.79 bits per heavy atom. The van der Waals surface area contributed by atoms with Gasteiger partial charge in [0.1, 0.15) is 16.4 Å². The fourth-order valence-electron chi connectivity index (χ4n) is 2.43. The highest BCUT2D eigenvalue weighted by molar-refractivity contribution is 7.93. The van der Waals surface area contributed by atoms with Gasteiger partial charge in [0.15, 0.2) is 5.13 Å². The zero-order valence-corrected chi connectivity index (χ0v) is 17.2. The summed E-state index contributed by atoms with van der Waals surface area (Å²) in [6.07, 6.45) is 0. The Kier molecular flexibility index (Phi) is 6.14. The van der Waals surface area contributed by atoms with E-state index in [4.69, 9.17) is 4.74 Å². The van der Waals surface area contributed by atoms with Gasteiger partial charge < -0.3 is 10.1 Å². The molecule has 0 fully saturated rings. The lowest BCUT2D eigenvalue weighted by atomic mass is 10.3. The van der Waals surface area contributed by atoms with Gasteiger partial charge in [-0.15, -0.1) is 0 Å². The molecule has 0 spiro atoms. The van der Waals surface area contributed by atoms with E-state index >= 15 is 0 Å². The molecule has 0 aliphatic rings. The first-order chi connectivity index (χ1) is 13.8. The normalized spacial score (nSPS) is 11.1. The summed E-state index contributed by atoms with van der Waals surface area (Å²) in [4.78, 5) is 16.8. The van der Waals surface area contributed by atoms with E-state index in [1.165, 1.54) is 0 Å². The van der Waals surface area contributed by atoms with Crippen LogP contribution in [-0.4, -0.2) is 25.9 Å². The molecule has 1 heterocycles. The maximum Gasteiger partial charge on any atom is 0.267 e. The zero-order valence-electron chi connectivity index (χ0n) is 15.6. The molecule has 2 N–H and O–H groups in total. The van der Waals surface area contributed by atoms with Crippen LogP contribution in [0, 0.1) is 12.7 Å². The van der Waals surface area contributed by atoms with Gasteiger partial charge in [0.25, 0.3) is 15.9 Å². The van der Waals surface area contributed by atoms with Crippen molar-refractivity contribution in [1.82, 2.24) is 4.98 Å². The lowest BCUT2D eigenvalue weighted by molar-refractivity contribution is 0.102. The third kappa shape index (κ3) is 5.09. The highest BCUT2D eigenvalue weighted by Crippen LogP contribution is 2.26. The van der Waals surface area contributed by atoms with Crippen LogP contribution in [0.3, 0.4) is 0 Å². The van der Waals surface area contributed by atoms with E-state index in [2.05, 4.69) is 15.0 Å². The highest BCUT2D eigenvalue weighted by atomic mass is 32.2. The minimum absolute atomic E-state index is 0.0451. The quantitative estimate of drug-likeness (QED) is 0.584. The predicted octanol–water partition coefficient (Wildman–Crippen LogP) is 4.04. The number of aromatic nitrogens is 1. The third-order valence-corrected chi connectivity index (χ3v) is 6.33. The van der Waals surface area contributed by atoms with Crippen LogP contribution in [0.5, 0.6) is 5.75 Å². The molecule has 0 saturated heterocycles. The van der Waals surface area contributed by atoms with Crippen molar-refractivity contribution in [1.29, 1.82) is 0 Å².